The van der Waals surface area contributed by atoms with Crippen LogP contribution in [0.3, 0.4) is 0 Å². The number of aromatic nitrogens is 1. The number of hydrogen-bond acceptors (Lipinski definition) is 3. The highest BCUT2D eigenvalue weighted by atomic mass is 79.9. The van der Waals surface area contributed by atoms with Crippen LogP contribution in [-0.4, -0.2) is 28.8 Å². The van der Waals surface area contributed by atoms with E-state index in [1.807, 2.05) is 12.3 Å². The molecule has 1 aliphatic heterocycles. The van der Waals surface area contributed by atoms with Crippen molar-refractivity contribution in [3.8, 4) is 0 Å². The van der Waals surface area contributed by atoms with Crippen LogP contribution >= 0.6 is 15.9 Å². The number of piperidine rings is 1. The van der Waals surface area contributed by atoms with Crippen molar-refractivity contribution in [3.05, 3.63) is 28.5 Å². The van der Waals surface area contributed by atoms with Crippen molar-refractivity contribution < 1.29 is 5.11 Å². The Labute approximate surface area is 111 Å². The molecule has 2 heterocycles. The van der Waals surface area contributed by atoms with Gasteiger partial charge in [0.2, 0.25) is 0 Å². The zero-order valence-electron chi connectivity index (χ0n) is 10.1. The van der Waals surface area contributed by atoms with E-state index in [1.165, 1.54) is 0 Å². The summed E-state index contributed by atoms with van der Waals surface area (Å²) in [6.45, 7) is 3.95. The van der Waals surface area contributed by atoms with Crippen LogP contribution in [-0.2, 0) is 6.42 Å². The molecular weight excluding hydrogens is 280 g/mol. The van der Waals surface area contributed by atoms with Crippen LogP contribution in [0, 0.1) is 5.92 Å². The molecule has 17 heavy (non-hydrogen) atoms. The average Bonchev–Trinajstić information content (AvgIpc) is 2.29. The molecule has 1 aromatic heterocycles. The van der Waals surface area contributed by atoms with E-state index < -0.39 is 5.60 Å². The molecule has 0 aliphatic carbocycles. The predicted octanol–water partition coefficient (Wildman–Crippen LogP) is 2.14. The second kappa shape index (κ2) is 5.46. The van der Waals surface area contributed by atoms with Crippen LogP contribution in [0.1, 0.15) is 25.3 Å². The van der Waals surface area contributed by atoms with Crippen LogP contribution in [0.25, 0.3) is 0 Å². The third-order valence-electron chi connectivity index (χ3n) is 3.65. The predicted molar refractivity (Wildman–Crippen MR) is 71.9 cm³/mol. The molecule has 0 aromatic carbocycles. The van der Waals surface area contributed by atoms with Gasteiger partial charge in [-0.2, -0.15) is 0 Å². The summed E-state index contributed by atoms with van der Waals surface area (Å²) in [6, 6.07) is 2.04. The van der Waals surface area contributed by atoms with Gasteiger partial charge >= 0.3 is 0 Å². The standard InChI is InChI=1S/C13H19BrN2O/c1-2-11-8-15-4-3-13(11,17)6-10-5-12(14)9-16-7-10/h5,7,9,11,15,17H,2-4,6,8H2,1H3. The maximum absolute atomic E-state index is 10.8. The highest BCUT2D eigenvalue weighted by molar-refractivity contribution is 9.10. The molecule has 1 fully saturated rings. The molecule has 0 amide bonds. The van der Waals surface area contributed by atoms with E-state index in [-0.39, 0.29) is 0 Å². The van der Waals surface area contributed by atoms with Crippen molar-refractivity contribution in [1.82, 2.24) is 10.3 Å². The zero-order valence-corrected chi connectivity index (χ0v) is 11.7. The maximum Gasteiger partial charge on any atom is 0.0740 e. The topological polar surface area (TPSA) is 45.1 Å². The van der Waals surface area contributed by atoms with Gasteiger partial charge in [0.1, 0.15) is 0 Å². The molecule has 4 heteroatoms. The molecule has 94 valence electrons. The van der Waals surface area contributed by atoms with Gasteiger partial charge < -0.3 is 10.4 Å². The molecule has 1 aromatic rings. The Morgan fingerprint density at radius 3 is 3.12 bits per heavy atom. The molecule has 0 saturated carbocycles. The van der Waals surface area contributed by atoms with E-state index in [2.05, 4.69) is 33.2 Å². The summed E-state index contributed by atoms with van der Waals surface area (Å²) in [5.74, 6) is 0.329. The second-order valence-corrected chi connectivity index (χ2v) is 5.77. The van der Waals surface area contributed by atoms with Gasteiger partial charge in [0.05, 0.1) is 5.60 Å². The monoisotopic (exact) mass is 298 g/mol. The van der Waals surface area contributed by atoms with E-state index in [1.54, 1.807) is 6.20 Å². The maximum atomic E-state index is 10.8. The molecule has 2 rings (SSSR count). The number of halogens is 1. The van der Waals surface area contributed by atoms with Crippen molar-refractivity contribution in [2.75, 3.05) is 13.1 Å². The summed E-state index contributed by atoms with van der Waals surface area (Å²) >= 11 is 3.42. The average molecular weight is 299 g/mol. The first kappa shape index (κ1) is 13.0. The van der Waals surface area contributed by atoms with Crippen molar-refractivity contribution in [3.63, 3.8) is 0 Å². The van der Waals surface area contributed by atoms with Crippen molar-refractivity contribution >= 4 is 15.9 Å². The first-order valence-electron chi connectivity index (χ1n) is 6.16. The Morgan fingerprint density at radius 2 is 2.41 bits per heavy atom. The van der Waals surface area contributed by atoms with Gasteiger partial charge in [-0.05, 0) is 46.9 Å². The zero-order chi connectivity index (χ0) is 12.3. The van der Waals surface area contributed by atoms with Crippen LogP contribution < -0.4 is 5.32 Å². The van der Waals surface area contributed by atoms with Gasteiger partial charge in [0.15, 0.2) is 0 Å². The fourth-order valence-corrected chi connectivity index (χ4v) is 3.05. The molecule has 0 radical (unpaired) electrons. The second-order valence-electron chi connectivity index (χ2n) is 4.85. The molecular formula is C13H19BrN2O. The molecule has 0 bridgehead atoms. The minimum Gasteiger partial charge on any atom is -0.389 e. The fourth-order valence-electron chi connectivity index (χ4n) is 2.64. The Morgan fingerprint density at radius 1 is 1.59 bits per heavy atom. The lowest BCUT2D eigenvalue weighted by molar-refractivity contribution is -0.0414. The van der Waals surface area contributed by atoms with E-state index >= 15 is 0 Å². The summed E-state index contributed by atoms with van der Waals surface area (Å²) in [6.07, 6.45) is 6.13. The molecule has 3 nitrogen and oxygen atoms in total. The van der Waals surface area contributed by atoms with Gasteiger partial charge in [-0.25, -0.2) is 0 Å². The third-order valence-corrected chi connectivity index (χ3v) is 4.08. The van der Waals surface area contributed by atoms with Gasteiger partial charge in [-0.15, -0.1) is 0 Å². The van der Waals surface area contributed by atoms with Gasteiger partial charge in [-0.3, -0.25) is 4.98 Å². The van der Waals surface area contributed by atoms with Gasteiger partial charge in [-0.1, -0.05) is 6.92 Å². The SMILES string of the molecule is CCC1CNCCC1(O)Cc1cncc(Br)c1. The minimum absolute atomic E-state index is 0.329. The van der Waals surface area contributed by atoms with Gasteiger partial charge in [0, 0.05) is 35.7 Å². The smallest absolute Gasteiger partial charge is 0.0740 e. The number of aliphatic hydroxyl groups is 1. The Bertz CT molecular complexity index is 385. The number of pyridine rings is 1. The third kappa shape index (κ3) is 3.06. The summed E-state index contributed by atoms with van der Waals surface area (Å²) in [5.41, 5.74) is 0.518. The number of nitrogens with zero attached hydrogens (tertiary/aromatic N) is 1. The highest BCUT2D eigenvalue weighted by Crippen LogP contribution is 2.30. The van der Waals surface area contributed by atoms with Crippen LogP contribution in [0.4, 0.5) is 0 Å². The molecule has 1 saturated heterocycles. The molecule has 2 N–H and O–H groups in total. The first-order valence-corrected chi connectivity index (χ1v) is 6.96. The van der Waals surface area contributed by atoms with Crippen LogP contribution in [0.5, 0.6) is 0 Å². The van der Waals surface area contributed by atoms with Gasteiger partial charge in [0.25, 0.3) is 0 Å². The molecule has 2 atom stereocenters. The first-order chi connectivity index (χ1) is 8.14. The van der Waals surface area contributed by atoms with Crippen LogP contribution in [0.15, 0.2) is 22.9 Å². The number of rotatable bonds is 3. The fraction of sp³-hybridized carbons (Fsp3) is 0.615. The number of nitrogens with one attached hydrogen (secondary N) is 1. The summed E-state index contributed by atoms with van der Waals surface area (Å²) in [5, 5.41) is 14.1. The van der Waals surface area contributed by atoms with Crippen molar-refractivity contribution in [1.29, 1.82) is 0 Å². The lowest BCUT2D eigenvalue weighted by atomic mass is 9.76. The normalized spacial score (nSPS) is 29.2. The van der Waals surface area contributed by atoms with Crippen molar-refractivity contribution in [2.45, 2.75) is 31.8 Å². The van der Waals surface area contributed by atoms with E-state index in [4.69, 9.17) is 0 Å². The quantitative estimate of drug-likeness (QED) is 0.899. The Hall–Kier alpha value is -0.450. The Balaban J connectivity index is 2.14. The van der Waals surface area contributed by atoms with E-state index in [9.17, 15) is 5.11 Å². The number of hydrogen-bond donors (Lipinski definition) is 2. The molecule has 0 spiro atoms. The molecule has 2 unspecified atom stereocenters. The summed E-state index contributed by atoms with van der Waals surface area (Å²) in [4.78, 5) is 4.16. The molecule has 1 aliphatic rings. The van der Waals surface area contributed by atoms with E-state index in [0.29, 0.717) is 12.3 Å². The van der Waals surface area contributed by atoms with Crippen molar-refractivity contribution in [2.24, 2.45) is 5.92 Å². The highest BCUT2D eigenvalue weighted by Gasteiger charge is 2.37. The lowest BCUT2D eigenvalue weighted by Crippen LogP contribution is -2.51. The minimum atomic E-state index is -0.581. The summed E-state index contributed by atoms with van der Waals surface area (Å²) < 4.78 is 0.973. The largest absolute Gasteiger partial charge is 0.389 e. The van der Waals surface area contributed by atoms with Crippen LogP contribution in [0.2, 0.25) is 0 Å². The van der Waals surface area contributed by atoms with E-state index in [0.717, 1.165) is 36.0 Å². The Kier molecular flexibility index (Phi) is 4.17. The lowest BCUT2D eigenvalue weighted by Gasteiger charge is -2.40. The summed E-state index contributed by atoms with van der Waals surface area (Å²) in [7, 11) is 0.